The van der Waals surface area contributed by atoms with E-state index in [-0.39, 0.29) is 17.1 Å². The summed E-state index contributed by atoms with van der Waals surface area (Å²) >= 11 is 0. The van der Waals surface area contributed by atoms with E-state index >= 15 is 0 Å². The maximum atomic E-state index is 3.09. The minimum Gasteiger partial charge on any atom is -0.243 e. The molecule has 0 radical (unpaired) electrons. The fourth-order valence-corrected chi connectivity index (χ4v) is 1.73. The molecule has 1 heterocycles. The van der Waals surface area contributed by atoms with Crippen molar-refractivity contribution in [2.45, 2.75) is 51.4 Å². The molecule has 0 aliphatic carbocycles. The first-order valence-corrected chi connectivity index (χ1v) is 6.21. The van der Waals surface area contributed by atoms with E-state index in [0.717, 1.165) is 13.1 Å². The molecule has 98 valence electrons. The zero-order chi connectivity index (χ0) is 10.6. The van der Waals surface area contributed by atoms with Gasteiger partial charge in [0.2, 0.25) is 0 Å². The number of hydrogen-bond acceptors (Lipinski definition) is 5. The van der Waals surface area contributed by atoms with E-state index in [9.17, 15) is 0 Å². The van der Waals surface area contributed by atoms with Crippen LogP contribution in [0, 0.1) is 0 Å². The maximum Gasteiger partial charge on any atom is 0.0113 e. The van der Waals surface area contributed by atoms with Crippen molar-refractivity contribution in [3.05, 3.63) is 0 Å². The number of rotatable bonds is 0. The number of hydrogen-bond donors (Lipinski definition) is 5. The van der Waals surface area contributed by atoms with E-state index in [2.05, 4.69) is 27.5 Å². The predicted molar refractivity (Wildman–Crippen MR) is 62.3 cm³/mol. The molecule has 1 fully saturated rings. The van der Waals surface area contributed by atoms with Crippen LogP contribution in [0.5, 0.6) is 0 Å². The van der Waals surface area contributed by atoms with Gasteiger partial charge in [0.25, 0.3) is 0 Å². The molecule has 0 aromatic carbocycles. The second-order valence-electron chi connectivity index (χ2n) is 4.06. The summed E-state index contributed by atoms with van der Waals surface area (Å²) in [5.41, 5.74) is 14.8. The van der Waals surface area contributed by atoms with E-state index < -0.39 is 0 Å². The fraction of sp³-hybridized carbons (Fsp3) is 1.00. The van der Waals surface area contributed by atoms with Gasteiger partial charge in [0.05, 0.1) is 0 Å². The van der Waals surface area contributed by atoms with Crippen LogP contribution in [0.1, 0.15) is 51.4 Å². The van der Waals surface area contributed by atoms with Gasteiger partial charge in [-0.15, -0.1) is 0 Å². The standard InChI is InChI=1S/C10H25N5.Fe/c1-2-4-6-8-10-12-14-15-13-11-9-7-5-3-1;/h11-15H,1-10H2;. The summed E-state index contributed by atoms with van der Waals surface area (Å²) in [5.74, 6) is 0. The quantitative estimate of drug-likeness (QED) is 0.420. The summed E-state index contributed by atoms with van der Waals surface area (Å²) < 4.78 is 0. The van der Waals surface area contributed by atoms with Gasteiger partial charge in [-0.05, 0) is 12.8 Å². The summed E-state index contributed by atoms with van der Waals surface area (Å²) in [6.45, 7) is 2.02. The Labute approximate surface area is 109 Å². The Bertz CT molecular complexity index is 77.8. The monoisotopic (exact) mass is 271 g/mol. The molecule has 1 aliphatic heterocycles. The Hall–Kier alpha value is 0.319. The molecule has 1 saturated heterocycles. The third-order valence-electron chi connectivity index (χ3n) is 2.66. The number of nitrogens with one attached hydrogen (secondary N) is 5. The van der Waals surface area contributed by atoms with Crippen LogP contribution in [0.4, 0.5) is 0 Å². The first-order chi connectivity index (χ1) is 7.50. The second-order valence-corrected chi connectivity index (χ2v) is 4.06. The molecule has 1 rings (SSSR count). The molecular weight excluding hydrogens is 246 g/mol. The molecule has 0 bridgehead atoms. The second kappa shape index (κ2) is 13.4. The van der Waals surface area contributed by atoms with Crippen molar-refractivity contribution in [1.29, 1.82) is 0 Å². The molecule has 0 atom stereocenters. The van der Waals surface area contributed by atoms with Gasteiger partial charge in [0.15, 0.2) is 0 Å². The van der Waals surface area contributed by atoms with E-state index in [1.165, 1.54) is 51.4 Å². The van der Waals surface area contributed by atoms with Gasteiger partial charge in [-0.2, -0.15) is 16.6 Å². The maximum absolute atomic E-state index is 3.09. The predicted octanol–water partition coefficient (Wildman–Crippen LogP) is 0.726. The van der Waals surface area contributed by atoms with Crippen LogP contribution < -0.4 is 27.5 Å². The van der Waals surface area contributed by atoms with Crippen LogP contribution in [-0.4, -0.2) is 13.1 Å². The smallest absolute Gasteiger partial charge is 0.0113 e. The zero-order valence-electron chi connectivity index (χ0n) is 9.92. The molecule has 5 nitrogen and oxygen atoms in total. The van der Waals surface area contributed by atoms with Crippen LogP contribution in [0.25, 0.3) is 0 Å². The van der Waals surface area contributed by atoms with Gasteiger partial charge in [-0.1, -0.05) is 38.5 Å². The van der Waals surface area contributed by atoms with Gasteiger partial charge in [0, 0.05) is 30.2 Å². The van der Waals surface area contributed by atoms with Crippen molar-refractivity contribution in [2.75, 3.05) is 13.1 Å². The summed E-state index contributed by atoms with van der Waals surface area (Å²) in [4.78, 5) is 0. The van der Waals surface area contributed by atoms with Gasteiger partial charge in [0.1, 0.15) is 0 Å². The Morgan fingerprint density at radius 3 is 1.25 bits per heavy atom. The average molecular weight is 271 g/mol. The van der Waals surface area contributed by atoms with Crippen molar-refractivity contribution < 1.29 is 17.1 Å². The largest absolute Gasteiger partial charge is 0.243 e. The summed E-state index contributed by atoms with van der Waals surface area (Å²) in [5, 5.41) is 0. The minimum absolute atomic E-state index is 0. The van der Waals surface area contributed by atoms with Gasteiger partial charge >= 0.3 is 0 Å². The van der Waals surface area contributed by atoms with Crippen molar-refractivity contribution in [3.63, 3.8) is 0 Å². The van der Waals surface area contributed by atoms with Crippen LogP contribution in [-0.2, 0) is 17.1 Å². The number of hydrazine groups is 4. The first kappa shape index (κ1) is 16.3. The molecular formula is C10H25FeN5. The third-order valence-corrected chi connectivity index (χ3v) is 2.66. The van der Waals surface area contributed by atoms with Crippen LogP contribution in [0.2, 0.25) is 0 Å². The Morgan fingerprint density at radius 2 is 0.812 bits per heavy atom. The van der Waals surface area contributed by atoms with Crippen molar-refractivity contribution in [2.24, 2.45) is 0 Å². The molecule has 0 unspecified atom stereocenters. The van der Waals surface area contributed by atoms with Crippen molar-refractivity contribution in [1.82, 2.24) is 27.5 Å². The topological polar surface area (TPSA) is 60.1 Å². The van der Waals surface area contributed by atoms with E-state index in [1.54, 1.807) is 0 Å². The van der Waals surface area contributed by atoms with E-state index in [1.807, 2.05) is 0 Å². The summed E-state index contributed by atoms with van der Waals surface area (Å²) in [6, 6.07) is 0. The van der Waals surface area contributed by atoms with Crippen molar-refractivity contribution in [3.8, 4) is 0 Å². The molecule has 0 aromatic heterocycles. The first-order valence-electron chi connectivity index (χ1n) is 6.21. The molecule has 0 saturated carbocycles. The van der Waals surface area contributed by atoms with Gasteiger partial charge in [-0.25, -0.2) is 10.9 Å². The molecule has 6 heteroatoms. The van der Waals surface area contributed by atoms with Crippen LogP contribution in [0.15, 0.2) is 0 Å². The molecule has 16 heavy (non-hydrogen) atoms. The zero-order valence-corrected chi connectivity index (χ0v) is 11.0. The molecule has 5 N–H and O–H groups in total. The SMILES string of the molecule is C1CCCCCNNNNNCCCC1.[Fe]. The molecule has 0 spiro atoms. The van der Waals surface area contributed by atoms with Crippen molar-refractivity contribution >= 4 is 0 Å². The van der Waals surface area contributed by atoms with Crippen LogP contribution >= 0.6 is 0 Å². The summed E-state index contributed by atoms with van der Waals surface area (Å²) in [7, 11) is 0. The fourth-order valence-electron chi connectivity index (χ4n) is 1.73. The van der Waals surface area contributed by atoms with E-state index in [0.29, 0.717) is 0 Å². The Morgan fingerprint density at radius 1 is 0.438 bits per heavy atom. The minimum atomic E-state index is 0. The van der Waals surface area contributed by atoms with Gasteiger partial charge < -0.3 is 0 Å². The third kappa shape index (κ3) is 10.8. The Kier molecular flexibility index (Phi) is 13.7. The van der Waals surface area contributed by atoms with Crippen LogP contribution in [0.3, 0.4) is 0 Å². The van der Waals surface area contributed by atoms with Gasteiger partial charge in [-0.3, -0.25) is 0 Å². The Balaban J connectivity index is 0.00000225. The average Bonchev–Trinajstić information content (AvgIpc) is 2.27. The normalized spacial score (nSPS) is 22.5. The molecule has 0 amide bonds. The summed E-state index contributed by atoms with van der Waals surface area (Å²) in [6.07, 6.45) is 10.7. The molecule has 1 aliphatic rings. The van der Waals surface area contributed by atoms with E-state index in [4.69, 9.17) is 0 Å². The molecule has 0 aromatic rings.